The predicted octanol–water partition coefficient (Wildman–Crippen LogP) is 5.15. The molecule has 2 aromatic carbocycles. The lowest BCUT2D eigenvalue weighted by Crippen LogP contribution is -2.19. The van der Waals surface area contributed by atoms with Crippen molar-refractivity contribution < 1.29 is 9.15 Å². The first-order valence-corrected chi connectivity index (χ1v) is 9.64. The molecule has 0 amide bonds. The van der Waals surface area contributed by atoms with Crippen molar-refractivity contribution in [2.45, 2.75) is 18.9 Å². The highest BCUT2D eigenvalue weighted by Crippen LogP contribution is 2.42. The third-order valence-electron chi connectivity index (χ3n) is 5.11. The Kier molecular flexibility index (Phi) is 4.51. The molecular weight excluding hydrogens is 350 g/mol. The van der Waals surface area contributed by atoms with E-state index < -0.39 is 0 Å². The Bertz CT molecular complexity index is 1070. The molecule has 1 fully saturated rings. The zero-order valence-electron chi connectivity index (χ0n) is 15.5. The van der Waals surface area contributed by atoms with Crippen LogP contribution in [-0.4, -0.2) is 29.2 Å². The van der Waals surface area contributed by atoms with Crippen LogP contribution in [0.5, 0.6) is 0 Å². The molecule has 0 spiro atoms. The molecule has 28 heavy (non-hydrogen) atoms. The molecular formula is C23H21N3O2. The number of fused-ring (bicyclic) bond motifs is 1. The molecule has 0 unspecified atom stereocenters. The number of benzene rings is 2. The Morgan fingerprint density at radius 2 is 1.68 bits per heavy atom. The Morgan fingerprint density at radius 3 is 2.39 bits per heavy atom. The number of nitrogens with one attached hydrogen (secondary N) is 1. The van der Waals surface area contributed by atoms with Gasteiger partial charge in [-0.1, -0.05) is 60.7 Å². The summed E-state index contributed by atoms with van der Waals surface area (Å²) in [5.74, 6) is 1.59. The number of anilines is 1. The number of furan rings is 1. The van der Waals surface area contributed by atoms with Gasteiger partial charge in [0.2, 0.25) is 5.71 Å². The third-order valence-corrected chi connectivity index (χ3v) is 5.11. The van der Waals surface area contributed by atoms with Crippen LogP contribution in [-0.2, 0) is 4.74 Å². The number of aromatic nitrogens is 2. The van der Waals surface area contributed by atoms with Gasteiger partial charge < -0.3 is 14.5 Å². The largest absolute Gasteiger partial charge is 0.437 e. The van der Waals surface area contributed by atoms with E-state index in [1.807, 2.05) is 36.4 Å². The Labute approximate surface area is 163 Å². The van der Waals surface area contributed by atoms with E-state index in [0.29, 0.717) is 5.71 Å². The molecule has 3 heterocycles. The van der Waals surface area contributed by atoms with E-state index in [1.165, 1.54) is 0 Å². The Morgan fingerprint density at radius 1 is 0.929 bits per heavy atom. The molecule has 0 radical (unpaired) electrons. The van der Waals surface area contributed by atoms with Gasteiger partial charge in [0.25, 0.3) is 0 Å². The smallest absolute Gasteiger partial charge is 0.232 e. The molecule has 1 atom stereocenters. The lowest BCUT2D eigenvalue weighted by molar-refractivity contribution is 0.120. The van der Waals surface area contributed by atoms with Gasteiger partial charge in [-0.2, -0.15) is 0 Å². The maximum absolute atomic E-state index is 6.23. The zero-order chi connectivity index (χ0) is 18.8. The summed E-state index contributed by atoms with van der Waals surface area (Å²) in [5, 5.41) is 4.38. The van der Waals surface area contributed by atoms with Crippen LogP contribution in [0.3, 0.4) is 0 Å². The second-order valence-corrected chi connectivity index (χ2v) is 6.96. The van der Waals surface area contributed by atoms with Crippen LogP contribution in [0, 0.1) is 0 Å². The minimum absolute atomic E-state index is 0.227. The van der Waals surface area contributed by atoms with Crippen LogP contribution in [0.15, 0.2) is 71.4 Å². The van der Waals surface area contributed by atoms with E-state index in [4.69, 9.17) is 9.15 Å². The van der Waals surface area contributed by atoms with Crippen molar-refractivity contribution in [2.24, 2.45) is 0 Å². The molecule has 4 aromatic rings. The van der Waals surface area contributed by atoms with Crippen LogP contribution in [0.4, 0.5) is 5.82 Å². The van der Waals surface area contributed by atoms with E-state index in [-0.39, 0.29) is 6.10 Å². The van der Waals surface area contributed by atoms with E-state index in [9.17, 15) is 0 Å². The number of hydrogen-bond donors (Lipinski definition) is 1. The van der Waals surface area contributed by atoms with Crippen LogP contribution >= 0.6 is 0 Å². The normalized spacial score (nSPS) is 16.5. The third kappa shape index (κ3) is 3.14. The van der Waals surface area contributed by atoms with Gasteiger partial charge in [-0.15, -0.1) is 0 Å². The Hall–Kier alpha value is -3.18. The summed E-state index contributed by atoms with van der Waals surface area (Å²) in [5.41, 5.74) is 3.69. The molecule has 1 saturated heterocycles. The van der Waals surface area contributed by atoms with Gasteiger partial charge in [0.15, 0.2) is 0 Å². The van der Waals surface area contributed by atoms with Crippen LogP contribution < -0.4 is 5.32 Å². The molecule has 0 aliphatic carbocycles. The van der Waals surface area contributed by atoms with Crippen LogP contribution in [0.2, 0.25) is 0 Å². The summed E-state index contributed by atoms with van der Waals surface area (Å²) < 4.78 is 12.0. The van der Waals surface area contributed by atoms with Crippen molar-refractivity contribution in [3.8, 4) is 22.5 Å². The summed E-state index contributed by atoms with van der Waals surface area (Å²) in [4.78, 5) is 8.93. The van der Waals surface area contributed by atoms with Crippen molar-refractivity contribution in [3.05, 3.63) is 67.0 Å². The molecule has 5 rings (SSSR count). The summed E-state index contributed by atoms with van der Waals surface area (Å²) >= 11 is 0. The summed E-state index contributed by atoms with van der Waals surface area (Å²) in [6.07, 6.45) is 3.97. The predicted molar refractivity (Wildman–Crippen MR) is 110 cm³/mol. The molecule has 140 valence electrons. The summed E-state index contributed by atoms with van der Waals surface area (Å²) in [6.45, 7) is 1.57. The maximum Gasteiger partial charge on any atom is 0.232 e. The molecule has 0 bridgehead atoms. The highest BCUT2D eigenvalue weighted by molar-refractivity contribution is 6.05. The van der Waals surface area contributed by atoms with Gasteiger partial charge in [0.05, 0.1) is 11.5 Å². The number of nitrogens with zero attached hydrogens (tertiary/aromatic N) is 2. The minimum atomic E-state index is 0.227. The van der Waals surface area contributed by atoms with Crippen molar-refractivity contribution in [3.63, 3.8) is 0 Å². The van der Waals surface area contributed by atoms with Gasteiger partial charge in [-0.25, -0.2) is 9.97 Å². The lowest BCUT2D eigenvalue weighted by atomic mass is 9.99. The van der Waals surface area contributed by atoms with Gasteiger partial charge in [-0.05, 0) is 18.4 Å². The molecule has 1 N–H and O–H groups in total. The van der Waals surface area contributed by atoms with Gasteiger partial charge in [-0.3, -0.25) is 0 Å². The average Bonchev–Trinajstić information content (AvgIpc) is 3.41. The molecule has 1 aliphatic rings. The van der Waals surface area contributed by atoms with E-state index >= 15 is 0 Å². The van der Waals surface area contributed by atoms with Crippen molar-refractivity contribution in [2.75, 3.05) is 18.5 Å². The van der Waals surface area contributed by atoms with E-state index in [1.54, 1.807) is 6.33 Å². The summed E-state index contributed by atoms with van der Waals surface area (Å²) in [7, 11) is 0. The molecule has 2 aromatic heterocycles. The molecule has 5 heteroatoms. The fraction of sp³-hybridized carbons (Fsp3) is 0.217. The second-order valence-electron chi connectivity index (χ2n) is 6.96. The molecule has 1 aliphatic heterocycles. The van der Waals surface area contributed by atoms with Crippen molar-refractivity contribution in [1.82, 2.24) is 9.97 Å². The maximum atomic E-state index is 6.23. The first-order valence-electron chi connectivity index (χ1n) is 9.64. The van der Waals surface area contributed by atoms with Crippen molar-refractivity contribution in [1.29, 1.82) is 0 Å². The highest BCUT2D eigenvalue weighted by Gasteiger charge is 2.23. The van der Waals surface area contributed by atoms with Crippen molar-refractivity contribution >= 4 is 16.9 Å². The zero-order valence-corrected chi connectivity index (χ0v) is 15.5. The first-order chi connectivity index (χ1) is 13.9. The lowest BCUT2D eigenvalue weighted by Gasteiger charge is -2.12. The summed E-state index contributed by atoms with van der Waals surface area (Å²) in [6, 6.07) is 20.4. The van der Waals surface area contributed by atoms with Crippen LogP contribution in [0.1, 0.15) is 12.8 Å². The topological polar surface area (TPSA) is 60.2 Å². The minimum Gasteiger partial charge on any atom is -0.437 e. The molecule has 0 saturated carbocycles. The highest BCUT2D eigenvalue weighted by atomic mass is 16.5. The monoisotopic (exact) mass is 371 g/mol. The second kappa shape index (κ2) is 7.44. The fourth-order valence-electron chi connectivity index (χ4n) is 3.76. The fourth-order valence-corrected chi connectivity index (χ4v) is 3.76. The van der Waals surface area contributed by atoms with E-state index in [0.717, 1.165) is 59.6 Å². The average molecular weight is 371 g/mol. The van der Waals surface area contributed by atoms with Crippen LogP contribution in [0.25, 0.3) is 33.6 Å². The first kappa shape index (κ1) is 17.0. The van der Waals surface area contributed by atoms with Gasteiger partial charge in [0, 0.05) is 24.3 Å². The number of rotatable bonds is 5. The van der Waals surface area contributed by atoms with Gasteiger partial charge in [0.1, 0.15) is 17.9 Å². The quantitative estimate of drug-likeness (QED) is 0.526. The standard InChI is InChI=1S/C23H21N3O2/c1-3-8-16(9-4-1)19-20-22(24-14-18-12-7-13-27-18)25-15-26-23(20)28-21(19)17-10-5-2-6-11-17/h1-6,8-11,15,18H,7,12-14H2,(H,24,25,26)/t18-/m1/s1. The number of ether oxygens (including phenoxy) is 1. The Balaban J connectivity index is 1.67. The van der Waals surface area contributed by atoms with E-state index in [2.05, 4.69) is 39.6 Å². The number of hydrogen-bond acceptors (Lipinski definition) is 5. The van der Waals surface area contributed by atoms with Gasteiger partial charge >= 0.3 is 0 Å². The molecule has 5 nitrogen and oxygen atoms in total. The SMILES string of the molecule is c1ccc(-c2oc3ncnc(NC[C@H]4CCCO4)c3c2-c2ccccc2)cc1.